The van der Waals surface area contributed by atoms with Crippen LogP contribution in [0.5, 0.6) is 0 Å². The lowest BCUT2D eigenvalue weighted by atomic mass is 9.81. The normalized spacial score (nSPS) is 21.9. The molecule has 0 bridgehead atoms. The molecule has 0 radical (unpaired) electrons. The van der Waals surface area contributed by atoms with Gasteiger partial charge in [0, 0.05) is 27.0 Å². The molecule has 0 saturated heterocycles. The first-order valence-corrected chi connectivity index (χ1v) is 16.6. The maximum atomic E-state index is 6.98. The van der Waals surface area contributed by atoms with Gasteiger partial charge in [-0.2, -0.15) is 0 Å². The first-order chi connectivity index (χ1) is 17.5. The number of fused-ring (bicyclic) bond motifs is 4. The molecule has 7 rings (SSSR count). The van der Waals surface area contributed by atoms with Crippen molar-refractivity contribution in [3.8, 4) is 11.1 Å². The molecule has 4 aromatic rings. The number of thiophene rings is 1. The summed E-state index contributed by atoms with van der Waals surface area (Å²) < 4.78 is 0. The first kappa shape index (κ1) is 22.7. The Hall–Kier alpha value is -2.51. The van der Waals surface area contributed by atoms with Gasteiger partial charge < -0.3 is 0 Å². The molecule has 1 atom stereocenters. The fraction of sp³-hybridized carbons (Fsp3) is 0.212. The molecule has 0 N–H and O–H groups in total. The van der Waals surface area contributed by atoms with Crippen molar-refractivity contribution >= 4 is 45.1 Å². The monoisotopic (exact) mass is 520 g/mol. The molecule has 2 aliphatic carbocycles. The third-order valence-corrected chi connectivity index (χ3v) is 14.5. The van der Waals surface area contributed by atoms with Crippen LogP contribution in [0.2, 0.25) is 0 Å². The average Bonchev–Trinajstić information content (AvgIpc) is 3.58. The second-order valence-corrected chi connectivity index (χ2v) is 15.9. The molecule has 3 aliphatic rings. The molecule has 3 aromatic carbocycles. The van der Waals surface area contributed by atoms with Crippen molar-refractivity contribution in [2.45, 2.75) is 44.9 Å². The molecule has 3 heteroatoms. The van der Waals surface area contributed by atoms with Gasteiger partial charge in [0.2, 0.25) is 0 Å². The summed E-state index contributed by atoms with van der Waals surface area (Å²) in [4.78, 5) is 1.38. The Morgan fingerprint density at radius 2 is 1.42 bits per heavy atom. The van der Waals surface area contributed by atoms with Crippen molar-refractivity contribution in [3.05, 3.63) is 123 Å². The molecule has 1 unspecified atom stereocenters. The number of hydrogen-bond donors (Lipinski definition) is 0. The zero-order chi connectivity index (χ0) is 24.5. The van der Waals surface area contributed by atoms with Crippen LogP contribution in [0, 0.1) is 0 Å². The summed E-state index contributed by atoms with van der Waals surface area (Å²) in [5.41, 5.74) is 10.1. The van der Waals surface area contributed by atoms with Gasteiger partial charge in [0.15, 0.2) is 0 Å². The number of benzene rings is 3. The molecule has 2 heterocycles. The van der Waals surface area contributed by atoms with Crippen LogP contribution in [0.4, 0.5) is 0 Å². The van der Waals surface area contributed by atoms with Gasteiger partial charge in [0.05, 0.1) is 0 Å². The van der Waals surface area contributed by atoms with E-state index in [9.17, 15) is 0 Å². The van der Waals surface area contributed by atoms with E-state index in [1.807, 2.05) is 11.3 Å². The molecule has 0 nitrogen and oxygen atoms in total. The van der Waals surface area contributed by atoms with Crippen molar-refractivity contribution < 1.29 is 0 Å². The number of rotatable bonds is 3. The molecule has 1 saturated carbocycles. The van der Waals surface area contributed by atoms with Crippen LogP contribution in [-0.4, -0.2) is 0 Å². The van der Waals surface area contributed by atoms with E-state index in [4.69, 9.17) is 11.8 Å². The number of hydrogen-bond acceptors (Lipinski definition) is 2. The summed E-state index contributed by atoms with van der Waals surface area (Å²) in [7, 11) is 0. The minimum Gasteiger partial charge on any atom is -0.144 e. The minimum atomic E-state index is -2.20. The Labute approximate surface area is 223 Å². The van der Waals surface area contributed by atoms with Crippen LogP contribution >= 0.6 is 17.4 Å². The van der Waals surface area contributed by atoms with Crippen LogP contribution in [0.25, 0.3) is 21.8 Å². The van der Waals surface area contributed by atoms with Gasteiger partial charge in [0.25, 0.3) is 0 Å². The van der Waals surface area contributed by atoms with E-state index in [1.165, 1.54) is 61.5 Å². The molecular weight excluding hydrogens is 491 g/mol. The van der Waals surface area contributed by atoms with Crippen LogP contribution in [0.3, 0.4) is 0 Å². The summed E-state index contributed by atoms with van der Waals surface area (Å²) in [6.45, 7) is 4.76. The fourth-order valence-corrected chi connectivity index (χ4v) is 13.3. The molecule has 1 fully saturated rings. The fourth-order valence-electron chi connectivity index (χ4n) is 6.74. The highest BCUT2D eigenvalue weighted by Gasteiger charge is 2.43. The van der Waals surface area contributed by atoms with Crippen molar-refractivity contribution in [1.29, 1.82) is 0 Å². The molecule has 1 aromatic heterocycles. The zero-order valence-corrected chi connectivity index (χ0v) is 23.3. The third kappa shape index (κ3) is 3.08. The minimum absolute atomic E-state index is 0.0134. The quantitative estimate of drug-likeness (QED) is 0.242. The van der Waals surface area contributed by atoms with Crippen molar-refractivity contribution in [2.24, 2.45) is 0 Å². The van der Waals surface area contributed by atoms with Crippen molar-refractivity contribution in [1.82, 2.24) is 0 Å². The first-order valence-electron chi connectivity index (χ1n) is 12.9. The van der Waals surface area contributed by atoms with Crippen LogP contribution < -0.4 is 5.30 Å². The molecule has 0 amide bonds. The highest BCUT2D eigenvalue weighted by Crippen LogP contribution is 2.76. The Morgan fingerprint density at radius 1 is 0.722 bits per heavy atom. The van der Waals surface area contributed by atoms with E-state index in [2.05, 4.69) is 104 Å². The standard InChI is InChI=1S/C33H29PS2/c1-33(2)28-16-9-8-13-24(28)25-19-18-22(21-29(25)33)31-26-14-6-7-15-27(26)32(30-17-10-20-36-30)34(31,35)23-11-4-3-5-12-23/h3-5,8-13,16-21H,6-7,14-15H2,1-2H3. The Bertz CT molecular complexity index is 1620. The van der Waals surface area contributed by atoms with Gasteiger partial charge in [-0.15, -0.1) is 11.3 Å². The molecule has 0 spiro atoms. The van der Waals surface area contributed by atoms with Gasteiger partial charge in [-0.1, -0.05) is 98.5 Å². The maximum absolute atomic E-state index is 6.98. The Balaban J connectivity index is 1.50. The topological polar surface area (TPSA) is 0 Å². The summed E-state index contributed by atoms with van der Waals surface area (Å²) in [6.07, 6.45) is 4.81. The third-order valence-electron chi connectivity index (χ3n) is 8.40. The SMILES string of the molecule is CC1(C)c2ccccc2-c2ccc(C3=C4CCCCC4=C(c4cccs4)P3(=S)c3ccccc3)cc21. The van der Waals surface area contributed by atoms with Gasteiger partial charge in [0.1, 0.15) is 0 Å². The second-order valence-electron chi connectivity index (χ2n) is 10.7. The van der Waals surface area contributed by atoms with E-state index < -0.39 is 6.04 Å². The van der Waals surface area contributed by atoms with Gasteiger partial charge in [-0.3, -0.25) is 0 Å². The number of allylic oxidation sites excluding steroid dienone is 2. The van der Waals surface area contributed by atoms with Crippen molar-refractivity contribution in [2.75, 3.05) is 0 Å². The van der Waals surface area contributed by atoms with E-state index in [1.54, 1.807) is 11.1 Å². The van der Waals surface area contributed by atoms with E-state index >= 15 is 0 Å². The predicted octanol–water partition coefficient (Wildman–Crippen LogP) is 9.57. The average molecular weight is 521 g/mol. The van der Waals surface area contributed by atoms with Gasteiger partial charge >= 0.3 is 0 Å². The molecule has 1 aliphatic heterocycles. The van der Waals surface area contributed by atoms with Gasteiger partial charge in [-0.05, 0) is 87.5 Å². The summed E-state index contributed by atoms with van der Waals surface area (Å²) in [5.74, 6) is 0. The maximum Gasteiger partial charge on any atom is 0.0404 e. The Morgan fingerprint density at radius 3 is 2.17 bits per heavy atom. The highest BCUT2D eigenvalue weighted by molar-refractivity contribution is 8.28. The van der Waals surface area contributed by atoms with Crippen LogP contribution in [-0.2, 0) is 17.2 Å². The second kappa shape index (κ2) is 8.25. The van der Waals surface area contributed by atoms with E-state index in [0.717, 1.165) is 12.8 Å². The lowest BCUT2D eigenvalue weighted by molar-refractivity contribution is 0.660. The van der Waals surface area contributed by atoms with E-state index in [-0.39, 0.29) is 5.41 Å². The lowest BCUT2D eigenvalue weighted by Gasteiger charge is -2.27. The van der Waals surface area contributed by atoms with Crippen molar-refractivity contribution in [3.63, 3.8) is 0 Å². The smallest absolute Gasteiger partial charge is 0.0404 e. The summed E-state index contributed by atoms with van der Waals surface area (Å²) in [5, 5.41) is 6.49. The summed E-state index contributed by atoms with van der Waals surface area (Å²) >= 11 is 8.84. The van der Waals surface area contributed by atoms with Gasteiger partial charge in [-0.25, -0.2) is 0 Å². The predicted molar refractivity (Wildman–Crippen MR) is 161 cm³/mol. The van der Waals surface area contributed by atoms with E-state index in [0.29, 0.717) is 0 Å². The lowest BCUT2D eigenvalue weighted by Crippen LogP contribution is -2.15. The summed E-state index contributed by atoms with van der Waals surface area (Å²) in [6, 6.07) is 29.5. The zero-order valence-electron chi connectivity index (χ0n) is 20.8. The molecule has 178 valence electrons. The van der Waals surface area contributed by atoms with Crippen LogP contribution in [0.1, 0.15) is 61.1 Å². The Kier molecular flexibility index (Phi) is 5.20. The largest absolute Gasteiger partial charge is 0.144 e. The van der Waals surface area contributed by atoms with Crippen LogP contribution in [0.15, 0.2) is 101 Å². The molecular formula is C33H29PS2. The molecule has 36 heavy (non-hydrogen) atoms. The highest BCUT2D eigenvalue weighted by atomic mass is 32.4.